The van der Waals surface area contributed by atoms with Gasteiger partial charge in [-0.2, -0.15) is 4.39 Å². The average molecular weight is 592 g/mol. The molecule has 4 rings (SSSR count). The average Bonchev–Trinajstić information content (AvgIpc) is 3.37. The highest BCUT2D eigenvalue weighted by Crippen LogP contribution is 2.65. The summed E-state index contributed by atoms with van der Waals surface area (Å²) in [5.74, 6) is -4.70. The summed E-state index contributed by atoms with van der Waals surface area (Å²) in [6.45, 7) is 3.03. The Bertz CT molecular complexity index is 1400. The number of amides is 2. The largest absolute Gasteiger partial charge is 0.326 e. The minimum absolute atomic E-state index is 0.00998. The summed E-state index contributed by atoms with van der Waals surface area (Å²) >= 11 is 31.0. The van der Waals surface area contributed by atoms with E-state index in [1.54, 1.807) is 18.2 Å². The van der Waals surface area contributed by atoms with Crippen molar-refractivity contribution in [1.82, 2.24) is 4.98 Å². The predicted octanol–water partition coefficient (Wildman–Crippen LogP) is 7.90. The van der Waals surface area contributed by atoms with Crippen LogP contribution in [0.3, 0.4) is 0 Å². The summed E-state index contributed by atoms with van der Waals surface area (Å²) in [6, 6.07) is 10.1. The van der Waals surface area contributed by atoms with E-state index in [9.17, 15) is 18.4 Å². The molecule has 0 bridgehead atoms. The second-order valence-corrected chi connectivity index (χ2v) is 10.7. The molecule has 2 atom stereocenters. The van der Waals surface area contributed by atoms with Crippen LogP contribution in [0, 0.1) is 11.9 Å². The number of benzene rings is 2. The lowest BCUT2D eigenvalue weighted by Crippen LogP contribution is -2.18. The first-order chi connectivity index (χ1) is 16.9. The highest BCUT2D eigenvalue weighted by molar-refractivity contribution is 6.53. The lowest BCUT2D eigenvalue weighted by molar-refractivity contribution is -0.117. The number of alkyl halides is 2. The van der Waals surface area contributed by atoms with Crippen molar-refractivity contribution < 1.29 is 18.4 Å². The van der Waals surface area contributed by atoms with E-state index in [0.717, 1.165) is 12.3 Å². The number of hydrogen-bond acceptors (Lipinski definition) is 3. The third kappa shape index (κ3) is 5.45. The Morgan fingerprint density at radius 3 is 2.22 bits per heavy atom. The SMILES string of the molecule is C=C(F)c1cc(NC(=O)c2cc(NC(=O)[C@@H]3[C@@H](c4cc(Cl)cc(Cl)c4)C3(Cl)Cl)ccc2Cl)cnc1F. The lowest BCUT2D eigenvalue weighted by Gasteiger charge is -2.11. The van der Waals surface area contributed by atoms with E-state index >= 15 is 0 Å². The second-order valence-electron chi connectivity index (χ2n) is 7.94. The minimum Gasteiger partial charge on any atom is -0.326 e. The predicted molar refractivity (Wildman–Crippen MR) is 140 cm³/mol. The van der Waals surface area contributed by atoms with Crippen LogP contribution in [0.15, 0.2) is 55.2 Å². The smallest absolute Gasteiger partial charge is 0.257 e. The lowest BCUT2D eigenvalue weighted by atomic mass is 10.1. The van der Waals surface area contributed by atoms with Crippen molar-refractivity contribution in [3.63, 3.8) is 0 Å². The van der Waals surface area contributed by atoms with E-state index in [4.69, 9.17) is 58.0 Å². The van der Waals surface area contributed by atoms with E-state index in [-0.39, 0.29) is 22.0 Å². The number of carbonyl (C=O) groups is 2. The third-order valence-corrected chi connectivity index (χ3v) is 7.15. The van der Waals surface area contributed by atoms with Crippen molar-refractivity contribution in [2.24, 2.45) is 5.92 Å². The number of hydrogen-bond donors (Lipinski definition) is 2. The third-order valence-electron chi connectivity index (χ3n) is 5.45. The summed E-state index contributed by atoms with van der Waals surface area (Å²) in [5.41, 5.74) is 0.346. The van der Waals surface area contributed by atoms with Crippen molar-refractivity contribution in [3.8, 4) is 0 Å². The molecule has 2 aromatic carbocycles. The van der Waals surface area contributed by atoms with Crippen LogP contribution in [-0.4, -0.2) is 21.1 Å². The first kappa shape index (κ1) is 26.6. The number of nitrogens with zero attached hydrogens (tertiary/aromatic N) is 1. The van der Waals surface area contributed by atoms with Gasteiger partial charge in [-0.05, 0) is 48.0 Å². The molecule has 1 saturated carbocycles. The van der Waals surface area contributed by atoms with Gasteiger partial charge in [0.15, 0.2) is 0 Å². The molecule has 0 aliphatic heterocycles. The maximum absolute atomic E-state index is 13.6. The molecular formula is C24H14Cl5F2N3O2. The van der Waals surface area contributed by atoms with Gasteiger partial charge in [-0.1, -0.05) is 41.4 Å². The van der Waals surface area contributed by atoms with Crippen molar-refractivity contribution in [2.45, 2.75) is 10.3 Å². The van der Waals surface area contributed by atoms with Crippen molar-refractivity contribution >= 4 is 87.0 Å². The van der Waals surface area contributed by atoms with Crippen LogP contribution in [0.4, 0.5) is 20.2 Å². The van der Waals surface area contributed by atoms with Gasteiger partial charge in [-0.3, -0.25) is 9.59 Å². The van der Waals surface area contributed by atoms with Gasteiger partial charge in [0.05, 0.1) is 34.0 Å². The second kappa shape index (κ2) is 10.1. The Labute approximate surface area is 229 Å². The fourth-order valence-corrected chi connectivity index (χ4v) is 5.30. The maximum atomic E-state index is 13.6. The van der Waals surface area contributed by atoms with Gasteiger partial charge in [0.25, 0.3) is 5.91 Å². The van der Waals surface area contributed by atoms with E-state index in [1.165, 1.54) is 18.2 Å². The molecule has 1 fully saturated rings. The van der Waals surface area contributed by atoms with Gasteiger partial charge in [0.2, 0.25) is 11.9 Å². The van der Waals surface area contributed by atoms with Crippen molar-refractivity contribution in [1.29, 1.82) is 0 Å². The number of carbonyl (C=O) groups excluding carboxylic acids is 2. The van der Waals surface area contributed by atoms with Crippen LogP contribution in [0.25, 0.3) is 5.83 Å². The van der Waals surface area contributed by atoms with E-state index in [2.05, 4.69) is 22.2 Å². The molecule has 1 aliphatic rings. The quantitative estimate of drug-likeness (QED) is 0.226. The highest BCUT2D eigenvalue weighted by atomic mass is 35.5. The first-order valence-electron chi connectivity index (χ1n) is 10.1. The molecule has 1 aromatic heterocycles. The van der Waals surface area contributed by atoms with E-state index in [0.29, 0.717) is 15.6 Å². The van der Waals surface area contributed by atoms with Crippen LogP contribution in [0.2, 0.25) is 15.1 Å². The number of pyridine rings is 1. The summed E-state index contributed by atoms with van der Waals surface area (Å²) < 4.78 is 25.6. The molecule has 0 spiro atoms. The fraction of sp³-hybridized carbons (Fsp3) is 0.125. The van der Waals surface area contributed by atoms with Gasteiger partial charge in [-0.15, -0.1) is 23.2 Å². The van der Waals surface area contributed by atoms with Gasteiger partial charge >= 0.3 is 0 Å². The van der Waals surface area contributed by atoms with Crippen LogP contribution in [0.5, 0.6) is 0 Å². The Morgan fingerprint density at radius 1 is 0.944 bits per heavy atom. The number of aromatic nitrogens is 1. The molecular weight excluding hydrogens is 578 g/mol. The summed E-state index contributed by atoms with van der Waals surface area (Å²) in [5, 5.41) is 5.94. The molecule has 2 amide bonds. The monoisotopic (exact) mass is 589 g/mol. The number of anilines is 2. The topological polar surface area (TPSA) is 71.1 Å². The summed E-state index contributed by atoms with van der Waals surface area (Å²) in [6.07, 6.45) is 1.01. The van der Waals surface area contributed by atoms with E-state index < -0.39 is 45.3 Å². The first-order valence-corrected chi connectivity index (χ1v) is 12.0. The van der Waals surface area contributed by atoms with Gasteiger partial charge < -0.3 is 10.6 Å². The molecule has 3 aromatic rings. The zero-order chi connectivity index (χ0) is 26.4. The van der Waals surface area contributed by atoms with Crippen molar-refractivity contribution in [2.75, 3.05) is 10.6 Å². The Hall–Kier alpha value is -2.42. The number of halogens is 7. The Balaban J connectivity index is 1.51. The maximum Gasteiger partial charge on any atom is 0.257 e. The normalized spacial score (nSPS) is 17.9. The molecule has 0 saturated heterocycles. The van der Waals surface area contributed by atoms with Crippen LogP contribution < -0.4 is 10.6 Å². The molecule has 1 heterocycles. The molecule has 36 heavy (non-hydrogen) atoms. The highest BCUT2D eigenvalue weighted by Gasteiger charge is 2.67. The molecule has 0 unspecified atom stereocenters. The van der Waals surface area contributed by atoms with Crippen LogP contribution in [-0.2, 0) is 4.79 Å². The summed E-state index contributed by atoms with van der Waals surface area (Å²) in [4.78, 5) is 29.1. The number of rotatable bonds is 6. The molecule has 0 radical (unpaired) electrons. The van der Waals surface area contributed by atoms with Gasteiger partial charge in [0.1, 0.15) is 10.2 Å². The molecule has 1 aliphatic carbocycles. The molecule has 5 nitrogen and oxygen atoms in total. The van der Waals surface area contributed by atoms with Gasteiger partial charge in [-0.25, -0.2) is 9.37 Å². The zero-order valence-corrected chi connectivity index (χ0v) is 21.7. The molecule has 12 heteroatoms. The van der Waals surface area contributed by atoms with Crippen molar-refractivity contribution in [3.05, 3.63) is 92.9 Å². The zero-order valence-electron chi connectivity index (χ0n) is 17.9. The van der Waals surface area contributed by atoms with E-state index in [1.807, 2.05) is 0 Å². The van der Waals surface area contributed by atoms with Crippen LogP contribution >= 0.6 is 58.0 Å². The van der Waals surface area contributed by atoms with Crippen LogP contribution in [0.1, 0.15) is 27.4 Å². The Morgan fingerprint density at radius 2 is 1.58 bits per heavy atom. The molecule has 2 N–H and O–H groups in total. The number of nitrogens with one attached hydrogen (secondary N) is 2. The van der Waals surface area contributed by atoms with Gasteiger partial charge in [0, 0.05) is 21.7 Å². The fourth-order valence-electron chi connectivity index (χ4n) is 3.72. The Kier molecular flexibility index (Phi) is 7.51. The molecule has 186 valence electrons. The standard InChI is InChI=1S/C24H14Cl5F2N3O2/c1-10(30)16-8-15(9-32-21(16)31)34-22(35)17-7-14(2-3-18(17)27)33-23(36)20-19(24(20,28)29)11-4-12(25)6-13(26)5-11/h2-9,19-20H,1H2,(H,33,36)(H,34,35)/t19-,20+/m1/s1. The summed E-state index contributed by atoms with van der Waals surface area (Å²) in [7, 11) is 0. The minimum atomic E-state index is -1.39.